The Labute approximate surface area is 153 Å². The topological polar surface area (TPSA) is 68.3 Å². The van der Waals surface area contributed by atoms with Gasteiger partial charge in [-0.15, -0.1) is 0 Å². The van der Waals surface area contributed by atoms with E-state index in [0.717, 1.165) is 0 Å². The van der Waals surface area contributed by atoms with E-state index in [2.05, 4.69) is 0 Å². The number of rotatable bonds is 2. The first-order chi connectivity index (χ1) is 10.4. The second kappa shape index (κ2) is 8.05. The van der Waals surface area contributed by atoms with Gasteiger partial charge in [0.05, 0.1) is 10.0 Å². The summed E-state index contributed by atoms with van der Waals surface area (Å²) in [6.07, 6.45) is 0. The largest absolute Gasteiger partial charge is 0.263 e. The molecule has 0 saturated carbocycles. The first-order valence-corrected chi connectivity index (χ1v) is 11.2. The lowest BCUT2D eigenvalue weighted by molar-refractivity contribution is 0.607. The van der Waals surface area contributed by atoms with Crippen molar-refractivity contribution in [3.8, 4) is 0 Å². The predicted molar refractivity (Wildman–Crippen MR) is 93.7 cm³/mol. The monoisotopic (exact) mass is 434 g/mol. The van der Waals surface area contributed by atoms with Gasteiger partial charge in [0.25, 0.3) is 18.1 Å². The van der Waals surface area contributed by atoms with Crippen LogP contribution in [0.1, 0.15) is 5.56 Å². The summed E-state index contributed by atoms with van der Waals surface area (Å²) >= 11 is 11.2. The molecule has 4 nitrogen and oxygen atoms in total. The van der Waals surface area contributed by atoms with Gasteiger partial charge in [-0.05, 0) is 30.7 Å². The molecule has 0 aliphatic rings. The molecule has 0 bridgehead atoms. The maximum Gasteiger partial charge on any atom is 0.263 e. The molecule has 0 unspecified atom stereocenters. The third-order valence-corrected chi connectivity index (χ3v) is 6.25. The number of aryl methyl sites for hydroxylation is 1. The lowest BCUT2D eigenvalue weighted by Gasteiger charge is -2.02. The molecule has 23 heavy (non-hydrogen) atoms. The molecule has 2 aromatic rings. The Morgan fingerprint density at radius 1 is 0.739 bits per heavy atom. The smallest absolute Gasteiger partial charge is 0.207 e. The van der Waals surface area contributed by atoms with Crippen molar-refractivity contribution in [2.24, 2.45) is 0 Å². The van der Waals surface area contributed by atoms with Crippen LogP contribution in [0.3, 0.4) is 0 Å². The highest BCUT2D eigenvalue weighted by atomic mass is 35.7. The van der Waals surface area contributed by atoms with E-state index >= 15 is 0 Å². The first kappa shape index (κ1) is 20.5. The van der Waals surface area contributed by atoms with E-state index in [-0.39, 0.29) is 19.8 Å². The summed E-state index contributed by atoms with van der Waals surface area (Å²) < 4.78 is 43.4. The second-order valence-corrected chi connectivity index (χ2v) is 10.0. The molecule has 0 aliphatic heterocycles. The standard InChI is InChI=1S/C7H6Cl2O2S.C6H4Cl2O2S/c1-5-3-2-4-6(8)7(5)12(9,10)11;7-5-3-1-2-4-6(5)11(8,9)10/h2-4H,1H3;1-4H. The fraction of sp³-hybridized carbons (Fsp3) is 0.0769. The van der Waals surface area contributed by atoms with Crippen LogP contribution in [0.15, 0.2) is 52.3 Å². The molecule has 2 aromatic carbocycles. The zero-order valence-electron chi connectivity index (χ0n) is 11.5. The molecule has 0 fully saturated rings. The fourth-order valence-electron chi connectivity index (χ4n) is 1.57. The summed E-state index contributed by atoms with van der Waals surface area (Å²) in [7, 11) is 2.79. The number of hydrogen-bond donors (Lipinski definition) is 0. The highest BCUT2D eigenvalue weighted by molar-refractivity contribution is 8.14. The van der Waals surface area contributed by atoms with E-state index in [4.69, 9.17) is 44.6 Å². The number of hydrogen-bond acceptors (Lipinski definition) is 4. The summed E-state index contributed by atoms with van der Waals surface area (Å²) in [6, 6.07) is 10.8. The highest BCUT2D eigenvalue weighted by Crippen LogP contribution is 2.27. The van der Waals surface area contributed by atoms with Gasteiger partial charge in [-0.1, -0.05) is 47.5 Å². The Kier molecular flexibility index (Phi) is 7.19. The Bertz CT molecular complexity index is 889. The highest BCUT2D eigenvalue weighted by Gasteiger charge is 2.16. The average Bonchev–Trinajstić information content (AvgIpc) is 2.36. The molecular formula is C13H10Cl4O4S2. The molecule has 10 heteroatoms. The van der Waals surface area contributed by atoms with Crippen molar-refractivity contribution in [3.63, 3.8) is 0 Å². The average molecular weight is 436 g/mol. The first-order valence-electron chi connectivity index (χ1n) is 5.83. The van der Waals surface area contributed by atoms with Gasteiger partial charge >= 0.3 is 0 Å². The molecule has 0 aliphatic carbocycles. The molecule has 0 spiro atoms. The normalized spacial score (nSPS) is 11.5. The van der Waals surface area contributed by atoms with Gasteiger partial charge in [0.2, 0.25) is 0 Å². The minimum absolute atomic E-state index is 0.00617. The van der Waals surface area contributed by atoms with Crippen molar-refractivity contribution in [3.05, 3.63) is 58.1 Å². The van der Waals surface area contributed by atoms with E-state index < -0.39 is 18.1 Å². The van der Waals surface area contributed by atoms with Crippen LogP contribution in [0.5, 0.6) is 0 Å². The van der Waals surface area contributed by atoms with Crippen LogP contribution in [-0.4, -0.2) is 16.8 Å². The lowest BCUT2D eigenvalue weighted by Crippen LogP contribution is -1.94. The van der Waals surface area contributed by atoms with Gasteiger partial charge in [0.15, 0.2) is 0 Å². The molecule has 0 N–H and O–H groups in total. The van der Waals surface area contributed by atoms with Crippen LogP contribution >= 0.6 is 44.6 Å². The van der Waals surface area contributed by atoms with Crippen LogP contribution < -0.4 is 0 Å². The van der Waals surface area contributed by atoms with E-state index in [1.807, 2.05) is 0 Å². The molecular weight excluding hydrogens is 426 g/mol. The summed E-state index contributed by atoms with van der Waals surface area (Å²) in [5.41, 5.74) is 0.553. The molecule has 0 radical (unpaired) electrons. The summed E-state index contributed by atoms with van der Waals surface area (Å²) in [4.78, 5) is -0.0586. The van der Waals surface area contributed by atoms with Gasteiger partial charge in [0.1, 0.15) is 9.79 Å². The number of halogens is 4. The predicted octanol–water partition coefficient (Wildman–Crippen LogP) is 4.84. The molecule has 2 rings (SSSR count). The van der Waals surface area contributed by atoms with E-state index in [1.165, 1.54) is 18.2 Å². The molecule has 0 atom stereocenters. The van der Waals surface area contributed by atoms with Gasteiger partial charge in [0, 0.05) is 21.4 Å². The Morgan fingerprint density at radius 2 is 1.26 bits per heavy atom. The summed E-state index contributed by atoms with van der Waals surface area (Å²) in [5, 5.41) is 0.299. The zero-order valence-corrected chi connectivity index (χ0v) is 16.2. The van der Waals surface area contributed by atoms with Crippen molar-refractivity contribution in [1.29, 1.82) is 0 Å². The molecule has 0 amide bonds. The van der Waals surface area contributed by atoms with Crippen molar-refractivity contribution >= 4 is 62.7 Å². The van der Waals surface area contributed by atoms with E-state index in [1.54, 1.807) is 31.2 Å². The van der Waals surface area contributed by atoms with Crippen LogP contribution in [0.4, 0.5) is 0 Å². The SMILES string of the molecule is Cc1cccc(Cl)c1S(=O)(=O)Cl.O=S(=O)(Cl)c1ccccc1Cl. The summed E-state index contributed by atoms with van der Waals surface area (Å²) in [5.74, 6) is 0. The van der Waals surface area contributed by atoms with Crippen molar-refractivity contribution in [2.45, 2.75) is 16.7 Å². The van der Waals surface area contributed by atoms with Gasteiger partial charge < -0.3 is 0 Å². The molecule has 126 valence electrons. The Balaban J connectivity index is 0.000000231. The van der Waals surface area contributed by atoms with E-state index in [9.17, 15) is 16.8 Å². The number of benzene rings is 2. The fourth-order valence-corrected chi connectivity index (χ4v) is 5.09. The molecule has 0 heterocycles. The van der Waals surface area contributed by atoms with E-state index in [0.29, 0.717) is 5.56 Å². The maximum atomic E-state index is 11.0. The minimum atomic E-state index is -3.72. The van der Waals surface area contributed by atoms with Gasteiger partial charge in [-0.3, -0.25) is 0 Å². The minimum Gasteiger partial charge on any atom is -0.207 e. The quantitative estimate of drug-likeness (QED) is 0.632. The second-order valence-electron chi connectivity index (χ2n) is 4.19. The Hall–Kier alpha value is -0.500. The Morgan fingerprint density at radius 3 is 1.61 bits per heavy atom. The van der Waals surface area contributed by atoms with Crippen molar-refractivity contribution in [1.82, 2.24) is 0 Å². The lowest BCUT2D eigenvalue weighted by atomic mass is 10.2. The van der Waals surface area contributed by atoms with Crippen molar-refractivity contribution < 1.29 is 16.8 Å². The van der Waals surface area contributed by atoms with Crippen LogP contribution in [0.25, 0.3) is 0 Å². The summed E-state index contributed by atoms with van der Waals surface area (Å²) in [6.45, 7) is 1.64. The third-order valence-electron chi connectivity index (χ3n) is 2.51. The maximum absolute atomic E-state index is 11.0. The van der Waals surface area contributed by atoms with Crippen LogP contribution in [0, 0.1) is 6.92 Å². The molecule has 0 aromatic heterocycles. The van der Waals surface area contributed by atoms with Gasteiger partial charge in [-0.25, -0.2) is 16.8 Å². The van der Waals surface area contributed by atoms with Crippen LogP contribution in [0.2, 0.25) is 10.0 Å². The van der Waals surface area contributed by atoms with Gasteiger partial charge in [-0.2, -0.15) is 0 Å². The third kappa shape index (κ3) is 6.14. The molecule has 0 saturated heterocycles. The van der Waals surface area contributed by atoms with Crippen LogP contribution in [-0.2, 0) is 18.1 Å². The zero-order chi connectivity index (χ0) is 17.8. The van der Waals surface area contributed by atoms with Crippen molar-refractivity contribution in [2.75, 3.05) is 0 Å².